The molecule has 0 amide bonds. The van der Waals surface area contributed by atoms with Crippen molar-refractivity contribution in [1.29, 1.82) is 0 Å². The molecular formula is C17H15I. The van der Waals surface area contributed by atoms with E-state index in [1.807, 2.05) is 30.4 Å². The first-order chi connectivity index (χ1) is 8.79. The molecule has 0 nitrogen and oxygen atoms in total. The summed E-state index contributed by atoms with van der Waals surface area (Å²) < 4.78 is 1.26. The standard InChI is InChI=1S/C17H15I/c1-14-15-10-7-5-3-2-4-6-8-13-17(18)16(14)12-9-11-15/h2-13H,1H3/b4-2+,5-3+,8-6-,10-7-,17-13-. The van der Waals surface area contributed by atoms with Crippen molar-refractivity contribution in [3.8, 4) is 0 Å². The number of fused-ring (bicyclic) bond motifs is 2. The summed E-state index contributed by atoms with van der Waals surface area (Å²) in [7, 11) is 0. The molecule has 2 bridgehead atoms. The molecule has 0 fully saturated rings. The molecule has 1 heteroatoms. The molecule has 0 atom stereocenters. The van der Waals surface area contributed by atoms with Gasteiger partial charge < -0.3 is 0 Å². The molecule has 0 spiro atoms. The van der Waals surface area contributed by atoms with Gasteiger partial charge in [-0.2, -0.15) is 0 Å². The minimum atomic E-state index is 1.26. The maximum absolute atomic E-state index is 2.39. The second-order valence-electron chi connectivity index (χ2n) is 4.05. The molecule has 0 saturated carbocycles. The van der Waals surface area contributed by atoms with Crippen LogP contribution in [0.4, 0.5) is 0 Å². The number of halogens is 1. The first-order valence-corrected chi connectivity index (χ1v) is 7.01. The summed E-state index contributed by atoms with van der Waals surface area (Å²) in [5, 5.41) is 0. The van der Waals surface area contributed by atoms with E-state index >= 15 is 0 Å². The highest BCUT2D eigenvalue weighted by Crippen LogP contribution is 2.27. The SMILES string of the molecule is Cc1c2cccc1/C(I)=C/C=C\C=C\C=C\C=C/2. The average molecular weight is 346 g/mol. The van der Waals surface area contributed by atoms with Gasteiger partial charge in [-0.15, -0.1) is 0 Å². The Hall–Kier alpha value is -1.35. The first kappa shape index (κ1) is 13.1. The van der Waals surface area contributed by atoms with Crippen molar-refractivity contribution in [1.82, 2.24) is 0 Å². The van der Waals surface area contributed by atoms with Gasteiger partial charge in [-0.05, 0) is 52.3 Å². The van der Waals surface area contributed by atoms with Crippen molar-refractivity contribution in [3.63, 3.8) is 0 Å². The van der Waals surface area contributed by atoms with Crippen molar-refractivity contribution in [2.24, 2.45) is 0 Å². The quantitative estimate of drug-likeness (QED) is 0.547. The molecule has 1 aromatic carbocycles. The van der Waals surface area contributed by atoms with Crippen LogP contribution in [0.2, 0.25) is 0 Å². The predicted octanol–water partition coefficient (Wildman–Crippen LogP) is 5.47. The lowest BCUT2D eigenvalue weighted by Gasteiger charge is -2.07. The Morgan fingerprint density at radius 1 is 0.833 bits per heavy atom. The van der Waals surface area contributed by atoms with Crippen molar-refractivity contribution in [2.45, 2.75) is 6.92 Å². The second kappa shape index (κ2) is 6.55. The molecule has 0 aromatic heterocycles. The van der Waals surface area contributed by atoms with Crippen LogP contribution in [0.1, 0.15) is 16.7 Å². The topological polar surface area (TPSA) is 0 Å². The zero-order chi connectivity index (χ0) is 12.8. The molecule has 18 heavy (non-hydrogen) atoms. The Morgan fingerprint density at radius 3 is 2.28 bits per heavy atom. The van der Waals surface area contributed by atoms with Crippen LogP contribution in [0, 0.1) is 6.92 Å². The van der Waals surface area contributed by atoms with E-state index in [4.69, 9.17) is 0 Å². The highest BCUT2D eigenvalue weighted by Gasteiger charge is 2.03. The average Bonchev–Trinajstić information content (AvgIpc) is 2.38. The van der Waals surface area contributed by atoms with Gasteiger partial charge in [0.25, 0.3) is 0 Å². The second-order valence-corrected chi connectivity index (χ2v) is 5.21. The van der Waals surface area contributed by atoms with E-state index in [9.17, 15) is 0 Å². The molecular weight excluding hydrogens is 331 g/mol. The summed E-state index contributed by atoms with van der Waals surface area (Å²) in [6.07, 6.45) is 18.6. The van der Waals surface area contributed by atoms with Gasteiger partial charge in [0, 0.05) is 3.58 Å². The fraction of sp³-hybridized carbons (Fsp3) is 0.0588. The maximum atomic E-state index is 2.39. The van der Waals surface area contributed by atoms with Gasteiger partial charge in [0.15, 0.2) is 0 Å². The van der Waals surface area contributed by atoms with Crippen molar-refractivity contribution in [2.75, 3.05) is 0 Å². The van der Waals surface area contributed by atoms with Crippen molar-refractivity contribution < 1.29 is 0 Å². The molecule has 0 aliphatic heterocycles. The number of rotatable bonds is 0. The van der Waals surface area contributed by atoms with E-state index < -0.39 is 0 Å². The predicted molar refractivity (Wildman–Crippen MR) is 89.6 cm³/mol. The molecule has 90 valence electrons. The fourth-order valence-corrected chi connectivity index (χ4v) is 2.59. The van der Waals surface area contributed by atoms with Gasteiger partial charge >= 0.3 is 0 Å². The van der Waals surface area contributed by atoms with Crippen LogP contribution in [0.5, 0.6) is 0 Å². The zero-order valence-corrected chi connectivity index (χ0v) is 12.5. The summed E-state index contributed by atoms with van der Waals surface area (Å²) in [6.45, 7) is 2.17. The van der Waals surface area contributed by atoms with E-state index in [1.165, 1.54) is 20.3 Å². The molecule has 0 heterocycles. The fourth-order valence-electron chi connectivity index (χ4n) is 1.80. The van der Waals surface area contributed by atoms with Gasteiger partial charge in [-0.25, -0.2) is 0 Å². The van der Waals surface area contributed by atoms with Crippen LogP contribution < -0.4 is 0 Å². The molecule has 0 unspecified atom stereocenters. The number of hydrogen-bond donors (Lipinski definition) is 0. The van der Waals surface area contributed by atoms with E-state index in [2.05, 4.69) is 72.0 Å². The van der Waals surface area contributed by atoms with Crippen LogP contribution >= 0.6 is 22.6 Å². The molecule has 0 saturated heterocycles. The third-order valence-corrected chi connectivity index (χ3v) is 3.76. The van der Waals surface area contributed by atoms with Gasteiger partial charge in [-0.3, -0.25) is 0 Å². The van der Waals surface area contributed by atoms with Gasteiger partial charge in [-0.1, -0.05) is 66.8 Å². The van der Waals surface area contributed by atoms with Gasteiger partial charge in [0.2, 0.25) is 0 Å². The lowest BCUT2D eigenvalue weighted by Crippen LogP contribution is -1.87. The third kappa shape index (κ3) is 3.33. The summed E-state index contributed by atoms with van der Waals surface area (Å²) in [4.78, 5) is 0. The molecule has 0 N–H and O–H groups in total. The van der Waals surface area contributed by atoms with E-state index in [0.717, 1.165) is 0 Å². The minimum Gasteiger partial charge on any atom is -0.0623 e. The lowest BCUT2D eigenvalue weighted by atomic mass is 10.0. The number of hydrogen-bond acceptors (Lipinski definition) is 0. The monoisotopic (exact) mass is 346 g/mol. The summed E-state index contributed by atoms with van der Waals surface area (Å²) >= 11 is 2.39. The zero-order valence-electron chi connectivity index (χ0n) is 10.3. The van der Waals surface area contributed by atoms with E-state index in [0.29, 0.717) is 0 Å². The number of benzene rings is 1. The maximum Gasteiger partial charge on any atom is 0.0205 e. The number of allylic oxidation sites excluding steroid dienone is 8. The molecule has 1 aromatic rings. The summed E-state index contributed by atoms with van der Waals surface area (Å²) in [6, 6.07) is 6.43. The molecule has 0 radical (unpaired) electrons. The Labute approximate surface area is 122 Å². The Morgan fingerprint density at radius 2 is 1.50 bits per heavy atom. The highest BCUT2D eigenvalue weighted by atomic mass is 127. The Bertz CT molecular complexity index is 569. The summed E-state index contributed by atoms with van der Waals surface area (Å²) in [5.41, 5.74) is 3.89. The lowest BCUT2D eigenvalue weighted by molar-refractivity contribution is 1.41. The van der Waals surface area contributed by atoms with Crippen molar-refractivity contribution >= 4 is 32.2 Å². The van der Waals surface area contributed by atoms with Crippen LogP contribution in [-0.2, 0) is 0 Å². The Kier molecular flexibility index (Phi) is 4.76. The Balaban J connectivity index is 2.54. The molecule has 2 rings (SSSR count). The molecule has 1 aliphatic rings. The van der Waals surface area contributed by atoms with E-state index in [1.54, 1.807) is 0 Å². The van der Waals surface area contributed by atoms with Gasteiger partial charge in [0.1, 0.15) is 0 Å². The van der Waals surface area contributed by atoms with E-state index in [-0.39, 0.29) is 0 Å². The highest BCUT2D eigenvalue weighted by molar-refractivity contribution is 14.1. The van der Waals surface area contributed by atoms with Crippen LogP contribution in [0.3, 0.4) is 0 Å². The third-order valence-electron chi connectivity index (χ3n) is 2.82. The first-order valence-electron chi connectivity index (χ1n) is 5.93. The molecule has 1 aliphatic carbocycles. The van der Waals surface area contributed by atoms with Gasteiger partial charge in [0.05, 0.1) is 0 Å². The van der Waals surface area contributed by atoms with Crippen LogP contribution in [0.15, 0.2) is 66.8 Å². The smallest absolute Gasteiger partial charge is 0.0205 e. The largest absolute Gasteiger partial charge is 0.0623 e. The van der Waals surface area contributed by atoms with Crippen molar-refractivity contribution in [3.05, 3.63) is 83.5 Å². The normalized spacial score (nSPS) is 24.7. The summed E-state index contributed by atoms with van der Waals surface area (Å²) in [5.74, 6) is 0. The minimum absolute atomic E-state index is 1.26. The van der Waals surface area contributed by atoms with Crippen LogP contribution in [0.25, 0.3) is 9.66 Å². The van der Waals surface area contributed by atoms with Crippen LogP contribution in [-0.4, -0.2) is 0 Å².